The van der Waals surface area contributed by atoms with E-state index in [4.69, 9.17) is 4.74 Å². The molecule has 2 heteroatoms. The molecule has 1 aliphatic carbocycles. The zero-order valence-corrected chi connectivity index (χ0v) is 8.41. The summed E-state index contributed by atoms with van der Waals surface area (Å²) in [6, 6.07) is 0. The molecule has 1 saturated heterocycles. The molecule has 0 aromatic heterocycles. The zero-order chi connectivity index (χ0) is 9.26. The predicted octanol–water partition coefficient (Wildman–Crippen LogP) is 2.10. The monoisotopic (exact) mass is 184 g/mol. The van der Waals surface area contributed by atoms with Gasteiger partial charge in [-0.15, -0.1) is 0 Å². The molecule has 1 saturated carbocycles. The van der Waals surface area contributed by atoms with E-state index >= 15 is 0 Å². The molecule has 0 radical (unpaired) electrons. The fourth-order valence-corrected chi connectivity index (χ4v) is 2.65. The van der Waals surface area contributed by atoms with E-state index in [1.165, 1.54) is 25.7 Å². The quantitative estimate of drug-likeness (QED) is 0.676. The van der Waals surface area contributed by atoms with Crippen LogP contribution in [0, 0.1) is 5.92 Å². The molecular weight excluding hydrogens is 164 g/mol. The van der Waals surface area contributed by atoms with E-state index in [0.717, 1.165) is 18.8 Å². The number of hydrogen-bond acceptors (Lipinski definition) is 2. The number of ether oxygens (including phenoxy) is 1. The Kier molecular flexibility index (Phi) is 2.89. The number of rotatable bonds is 1. The van der Waals surface area contributed by atoms with E-state index in [0.29, 0.717) is 12.2 Å². The van der Waals surface area contributed by atoms with E-state index in [-0.39, 0.29) is 6.10 Å². The van der Waals surface area contributed by atoms with Crippen molar-refractivity contribution in [1.29, 1.82) is 0 Å². The molecule has 0 aromatic rings. The van der Waals surface area contributed by atoms with Crippen LogP contribution in [-0.2, 0) is 4.74 Å². The second-order valence-corrected chi connectivity index (χ2v) is 4.63. The average Bonchev–Trinajstić information content (AvgIpc) is 2.53. The Morgan fingerprint density at radius 2 is 1.69 bits per heavy atom. The molecule has 2 fully saturated rings. The lowest BCUT2D eigenvalue weighted by Gasteiger charge is -2.29. The first-order valence-corrected chi connectivity index (χ1v) is 5.59. The number of hydrogen-bond donors (Lipinski definition) is 1. The highest BCUT2D eigenvalue weighted by molar-refractivity contribution is 4.82. The maximum Gasteiger partial charge on any atom is 0.0607 e. The van der Waals surface area contributed by atoms with Gasteiger partial charge in [-0.25, -0.2) is 0 Å². The van der Waals surface area contributed by atoms with Crippen molar-refractivity contribution in [3.63, 3.8) is 0 Å². The van der Waals surface area contributed by atoms with Gasteiger partial charge >= 0.3 is 0 Å². The van der Waals surface area contributed by atoms with E-state index in [1.54, 1.807) is 0 Å². The first-order valence-electron chi connectivity index (χ1n) is 5.59. The maximum absolute atomic E-state index is 9.38. The van der Waals surface area contributed by atoms with Crippen LogP contribution in [0.4, 0.5) is 0 Å². The van der Waals surface area contributed by atoms with Crippen LogP contribution < -0.4 is 0 Å². The topological polar surface area (TPSA) is 29.5 Å². The van der Waals surface area contributed by atoms with E-state index in [9.17, 15) is 5.11 Å². The standard InChI is InChI=1S/C11H20O2/c1-8-2-7-11(13-8)9-3-5-10(12)6-4-9/h8-12H,2-7H2,1H3. The first kappa shape index (κ1) is 9.47. The summed E-state index contributed by atoms with van der Waals surface area (Å²) in [5.41, 5.74) is 0. The van der Waals surface area contributed by atoms with Crippen LogP contribution in [0.5, 0.6) is 0 Å². The summed E-state index contributed by atoms with van der Waals surface area (Å²) in [5, 5.41) is 9.38. The van der Waals surface area contributed by atoms with E-state index in [2.05, 4.69) is 6.92 Å². The SMILES string of the molecule is CC1CCC(C2CCC(O)CC2)O1. The van der Waals surface area contributed by atoms with Crippen LogP contribution in [0.1, 0.15) is 45.4 Å². The van der Waals surface area contributed by atoms with Crippen molar-refractivity contribution in [2.45, 2.75) is 63.8 Å². The molecule has 2 atom stereocenters. The molecule has 0 amide bonds. The third-order valence-corrected chi connectivity index (χ3v) is 3.53. The Hall–Kier alpha value is -0.0800. The van der Waals surface area contributed by atoms with Crippen molar-refractivity contribution in [3.05, 3.63) is 0 Å². The summed E-state index contributed by atoms with van der Waals surface area (Å²) in [4.78, 5) is 0. The van der Waals surface area contributed by atoms with Gasteiger partial charge < -0.3 is 9.84 Å². The molecule has 76 valence electrons. The summed E-state index contributed by atoms with van der Waals surface area (Å²) in [6.45, 7) is 2.16. The largest absolute Gasteiger partial charge is 0.393 e. The van der Waals surface area contributed by atoms with Gasteiger partial charge in [-0.3, -0.25) is 0 Å². The number of aliphatic hydroxyl groups is 1. The maximum atomic E-state index is 9.38. The van der Waals surface area contributed by atoms with Crippen molar-refractivity contribution in [1.82, 2.24) is 0 Å². The average molecular weight is 184 g/mol. The van der Waals surface area contributed by atoms with Crippen molar-refractivity contribution >= 4 is 0 Å². The molecular formula is C11H20O2. The van der Waals surface area contributed by atoms with Crippen LogP contribution >= 0.6 is 0 Å². The normalized spacial score (nSPS) is 46.6. The Bertz CT molecular complexity index is 161. The van der Waals surface area contributed by atoms with Gasteiger partial charge in [0, 0.05) is 0 Å². The molecule has 1 heterocycles. The third kappa shape index (κ3) is 2.23. The van der Waals surface area contributed by atoms with E-state index < -0.39 is 0 Å². The zero-order valence-electron chi connectivity index (χ0n) is 8.41. The van der Waals surface area contributed by atoms with Crippen molar-refractivity contribution < 1.29 is 9.84 Å². The van der Waals surface area contributed by atoms with Gasteiger partial charge in [0.2, 0.25) is 0 Å². The molecule has 13 heavy (non-hydrogen) atoms. The number of aliphatic hydroxyl groups excluding tert-OH is 1. The molecule has 2 nitrogen and oxygen atoms in total. The van der Waals surface area contributed by atoms with Gasteiger partial charge in [0.1, 0.15) is 0 Å². The minimum Gasteiger partial charge on any atom is -0.393 e. The lowest BCUT2D eigenvalue weighted by Crippen LogP contribution is -2.27. The first-order chi connectivity index (χ1) is 6.25. The third-order valence-electron chi connectivity index (χ3n) is 3.53. The summed E-state index contributed by atoms with van der Waals surface area (Å²) < 4.78 is 5.85. The lowest BCUT2D eigenvalue weighted by molar-refractivity contribution is -0.00695. The van der Waals surface area contributed by atoms with Crippen molar-refractivity contribution in [2.75, 3.05) is 0 Å². The predicted molar refractivity (Wildman–Crippen MR) is 51.5 cm³/mol. The van der Waals surface area contributed by atoms with Gasteiger partial charge in [0.05, 0.1) is 18.3 Å². The molecule has 1 N–H and O–H groups in total. The Balaban J connectivity index is 1.81. The Morgan fingerprint density at radius 1 is 1.00 bits per heavy atom. The lowest BCUT2D eigenvalue weighted by atomic mass is 9.83. The molecule has 0 spiro atoms. The highest BCUT2D eigenvalue weighted by atomic mass is 16.5. The van der Waals surface area contributed by atoms with Gasteiger partial charge in [-0.05, 0) is 51.4 Å². The van der Waals surface area contributed by atoms with Gasteiger partial charge in [0.15, 0.2) is 0 Å². The van der Waals surface area contributed by atoms with Crippen LogP contribution in [0.15, 0.2) is 0 Å². The highest BCUT2D eigenvalue weighted by Gasteiger charge is 2.31. The molecule has 2 unspecified atom stereocenters. The van der Waals surface area contributed by atoms with Crippen molar-refractivity contribution in [3.8, 4) is 0 Å². The van der Waals surface area contributed by atoms with Crippen LogP contribution in [0.3, 0.4) is 0 Å². The summed E-state index contributed by atoms with van der Waals surface area (Å²) in [5.74, 6) is 0.730. The molecule has 2 rings (SSSR count). The smallest absolute Gasteiger partial charge is 0.0607 e. The Morgan fingerprint density at radius 3 is 2.23 bits per heavy atom. The summed E-state index contributed by atoms with van der Waals surface area (Å²) in [7, 11) is 0. The van der Waals surface area contributed by atoms with Gasteiger partial charge in [0.25, 0.3) is 0 Å². The fraction of sp³-hybridized carbons (Fsp3) is 1.00. The molecule has 0 bridgehead atoms. The second-order valence-electron chi connectivity index (χ2n) is 4.63. The fourth-order valence-electron chi connectivity index (χ4n) is 2.65. The second kappa shape index (κ2) is 3.97. The summed E-state index contributed by atoms with van der Waals surface area (Å²) in [6.07, 6.45) is 7.70. The minimum atomic E-state index is -0.0323. The molecule has 1 aliphatic heterocycles. The summed E-state index contributed by atoms with van der Waals surface area (Å²) >= 11 is 0. The van der Waals surface area contributed by atoms with Crippen LogP contribution in [-0.4, -0.2) is 23.4 Å². The van der Waals surface area contributed by atoms with Crippen LogP contribution in [0.25, 0.3) is 0 Å². The minimum absolute atomic E-state index is 0.0323. The molecule has 2 aliphatic rings. The van der Waals surface area contributed by atoms with Gasteiger partial charge in [-0.2, -0.15) is 0 Å². The Labute approximate surface area is 80.3 Å². The van der Waals surface area contributed by atoms with Crippen LogP contribution in [0.2, 0.25) is 0 Å². The highest BCUT2D eigenvalue weighted by Crippen LogP contribution is 2.34. The van der Waals surface area contributed by atoms with E-state index in [1.807, 2.05) is 0 Å². The molecule has 0 aromatic carbocycles. The van der Waals surface area contributed by atoms with Crippen molar-refractivity contribution in [2.24, 2.45) is 5.92 Å². The van der Waals surface area contributed by atoms with Gasteiger partial charge in [-0.1, -0.05) is 0 Å².